The molecule has 0 spiro atoms. The average molecular weight is 226 g/mol. The molecule has 6 heteroatoms. The molecule has 0 aromatic heterocycles. The van der Waals surface area contributed by atoms with Gasteiger partial charge in [-0.2, -0.15) is 0 Å². The van der Waals surface area contributed by atoms with Crippen LogP contribution in [0.5, 0.6) is 0 Å². The molecule has 1 rings (SSSR count). The molecule has 0 radical (unpaired) electrons. The molecule has 0 aromatic rings. The lowest BCUT2D eigenvalue weighted by Crippen LogP contribution is -2.46. The summed E-state index contributed by atoms with van der Waals surface area (Å²) in [6.45, 7) is 0.141. The van der Waals surface area contributed by atoms with Gasteiger partial charge in [-0.25, -0.2) is 9.59 Å². The molecule has 0 bridgehead atoms. The Kier molecular flexibility index (Phi) is 3.74. The first-order valence-corrected chi connectivity index (χ1v) is 4.83. The number of rotatable bonds is 2. The largest absolute Gasteiger partial charge is 0.480 e. The van der Waals surface area contributed by atoms with Crippen molar-refractivity contribution in [2.24, 2.45) is 0 Å². The van der Waals surface area contributed by atoms with Gasteiger partial charge in [0.05, 0.1) is 12.6 Å². The van der Waals surface area contributed by atoms with Crippen LogP contribution in [0.2, 0.25) is 0 Å². The summed E-state index contributed by atoms with van der Waals surface area (Å²) in [5, 5.41) is 18.3. The zero-order valence-corrected chi connectivity index (χ0v) is 8.96. The number of β-amino-alcohol motifs (C(OH)–C–C–N with tert-alkyl or cyclic N) is 1. The fourth-order valence-electron chi connectivity index (χ4n) is 1.68. The second-order valence-electron chi connectivity index (χ2n) is 3.74. The number of aliphatic hydroxyl groups is 1. The van der Waals surface area contributed by atoms with Crippen molar-refractivity contribution < 1.29 is 19.8 Å². The van der Waals surface area contributed by atoms with Crippen LogP contribution in [0.25, 0.3) is 0 Å². The molecule has 1 saturated heterocycles. The fraction of sp³-hybridized carbons (Fsp3) is 0.600. The molecule has 1 heterocycles. The number of urea groups is 1. The normalized spacial score (nSPS) is 23.9. The molecule has 0 saturated carbocycles. The van der Waals surface area contributed by atoms with E-state index in [0.717, 1.165) is 4.90 Å². The van der Waals surface area contributed by atoms with E-state index < -0.39 is 24.1 Å². The van der Waals surface area contributed by atoms with E-state index in [4.69, 9.17) is 11.5 Å². The molecule has 6 nitrogen and oxygen atoms in total. The summed E-state index contributed by atoms with van der Waals surface area (Å²) in [7, 11) is 1.49. The first kappa shape index (κ1) is 12.3. The molecule has 2 unspecified atom stereocenters. The Morgan fingerprint density at radius 1 is 1.62 bits per heavy atom. The predicted molar refractivity (Wildman–Crippen MR) is 55.6 cm³/mol. The molecular weight excluding hydrogens is 212 g/mol. The summed E-state index contributed by atoms with van der Waals surface area (Å²) in [5.41, 5.74) is 0. The number of carboxylic acids is 1. The summed E-state index contributed by atoms with van der Waals surface area (Å²) in [6, 6.07) is -1.44. The van der Waals surface area contributed by atoms with Gasteiger partial charge in [-0.3, -0.25) is 0 Å². The van der Waals surface area contributed by atoms with Gasteiger partial charge < -0.3 is 20.0 Å². The molecule has 16 heavy (non-hydrogen) atoms. The van der Waals surface area contributed by atoms with Crippen LogP contribution in [-0.2, 0) is 4.79 Å². The van der Waals surface area contributed by atoms with Gasteiger partial charge >= 0.3 is 12.0 Å². The van der Waals surface area contributed by atoms with Crippen LogP contribution in [0.15, 0.2) is 0 Å². The second-order valence-corrected chi connectivity index (χ2v) is 3.74. The number of aliphatic carboxylic acids is 1. The first-order valence-electron chi connectivity index (χ1n) is 4.83. The monoisotopic (exact) mass is 226 g/mol. The fourth-order valence-corrected chi connectivity index (χ4v) is 1.68. The molecule has 88 valence electrons. The molecule has 1 aliphatic heterocycles. The van der Waals surface area contributed by atoms with Gasteiger partial charge in [0, 0.05) is 20.0 Å². The molecule has 2 amide bonds. The summed E-state index contributed by atoms with van der Waals surface area (Å²) < 4.78 is 0. The smallest absolute Gasteiger partial charge is 0.326 e. The quantitative estimate of drug-likeness (QED) is 0.603. The highest BCUT2D eigenvalue weighted by atomic mass is 16.4. The van der Waals surface area contributed by atoms with Gasteiger partial charge in [0.1, 0.15) is 6.04 Å². The van der Waals surface area contributed by atoms with Gasteiger partial charge in [0.2, 0.25) is 0 Å². The molecule has 0 aliphatic carbocycles. The van der Waals surface area contributed by atoms with Gasteiger partial charge in [0.25, 0.3) is 0 Å². The van der Waals surface area contributed by atoms with E-state index in [-0.39, 0.29) is 19.5 Å². The Labute approximate surface area is 93.4 Å². The Bertz CT molecular complexity index is 336. The van der Waals surface area contributed by atoms with Crippen LogP contribution in [0, 0.1) is 12.3 Å². The molecule has 0 aromatic carbocycles. The number of amides is 2. The topological polar surface area (TPSA) is 81.1 Å². The van der Waals surface area contributed by atoms with Crippen molar-refractivity contribution in [3.63, 3.8) is 0 Å². The number of nitrogens with zero attached hydrogens (tertiary/aromatic N) is 2. The Morgan fingerprint density at radius 3 is 2.75 bits per heavy atom. The van der Waals surface area contributed by atoms with Gasteiger partial charge in [-0.15, -0.1) is 6.42 Å². The zero-order chi connectivity index (χ0) is 12.3. The van der Waals surface area contributed by atoms with Gasteiger partial charge in [-0.05, 0) is 0 Å². The van der Waals surface area contributed by atoms with Gasteiger partial charge in [0.15, 0.2) is 0 Å². The minimum atomic E-state index is -1.11. The Hall–Kier alpha value is -1.74. The lowest BCUT2D eigenvalue weighted by molar-refractivity contribution is -0.141. The van der Waals surface area contributed by atoms with Crippen LogP contribution >= 0.6 is 0 Å². The molecular formula is C10H14N2O4. The Balaban J connectivity index is 2.75. The minimum Gasteiger partial charge on any atom is -0.480 e. The van der Waals surface area contributed by atoms with E-state index in [1.165, 1.54) is 11.9 Å². The van der Waals surface area contributed by atoms with Crippen molar-refractivity contribution in [2.45, 2.75) is 18.6 Å². The van der Waals surface area contributed by atoms with Crippen molar-refractivity contribution in [3.8, 4) is 12.3 Å². The maximum atomic E-state index is 11.8. The minimum absolute atomic E-state index is 0.0325. The van der Waals surface area contributed by atoms with E-state index in [1.807, 2.05) is 0 Å². The highest BCUT2D eigenvalue weighted by molar-refractivity contribution is 5.83. The third-order valence-corrected chi connectivity index (χ3v) is 2.46. The lowest BCUT2D eigenvalue weighted by Gasteiger charge is -2.26. The number of carboxylic acid groups (broad SMARTS) is 1. The van der Waals surface area contributed by atoms with E-state index in [9.17, 15) is 14.7 Å². The summed E-state index contributed by atoms with van der Waals surface area (Å²) >= 11 is 0. The van der Waals surface area contributed by atoms with Crippen LogP contribution < -0.4 is 0 Å². The number of hydrogen-bond acceptors (Lipinski definition) is 3. The number of aliphatic hydroxyl groups excluding tert-OH is 1. The van der Waals surface area contributed by atoms with Crippen molar-refractivity contribution in [3.05, 3.63) is 0 Å². The molecule has 2 N–H and O–H groups in total. The Morgan fingerprint density at radius 2 is 2.25 bits per heavy atom. The summed E-state index contributed by atoms with van der Waals surface area (Å²) in [6.07, 6.45) is 4.33. The predicted octanol–water partition coefficient (Wildman–Crippen LogP) is -0.809. The van der Waals surface area contributed by atoms with Crippen LogP contribution in [0.3, 0.4) is 0 Å². The SMILES string of the molecule is C#CCN(C)C(=O)N1CC(O)CC1C(=O)O. The third kappa shape index (κ3) is 2.44. The molecule has 2 atom stereocenters. The van der Waals surface area contributed by atoms with Crippen LogP contribution in [0.1, 0.15) is 6.42 Å². The number of hydrogen-bond donors (Lipinski definition) is 2. The summed E-state index contributed by atoms with van der Waals surface area (Å²) in [5.74, 6) is 1.18. The van der Waals surface area contributed by atoms with E-state index in [0.29, 0.717) is 0 Å². The molecule has 1 aliphatic rings. The zero-order valence-electron chi connectivity index (χ0n) is 8.96. The maximum absolute atomic E-state index is 11.8. The van der Waals surface area contributed by atoms with E-state index in [2.05, 4.69) is 5.92 Å². The van der Waals surface area contributed by atoms with Crippen LogP contribution in [-0.4, -0.2) is 64.3 Å². The number of likely N-dealkylation sites (tertiary alicyclic amines) is 1. The number of carbonyl (C=O) groups excluding carboxylic acids is 1. The van der Waals surface area contributed by atoms with Crippen molar-refractivity contribution in [2.75, 3.05) is 20.1 Å². The summed E-state index contributed by atoms with van der Waals surface area (Å²) in [4.78, 5) is 25.0. The van der Waals surface area contributed by atoms with Crippen molar-refractivity contribution >= 4 is 12.0 Å². The van der Waals surface area contributed by atoms with Crippen molar-refractivity contribution in [1.29, 1.82) is 0 Å². The lowest BCUT2D eigenvalue weighted by atomic mass is 10.2. The highest BCUT2D eigenvalue weighted by Crippen LogP contribution is 2.19. The maximum Gasteiger partial charge on any atom is 0.326 e. The van der Waals surface area contributed by atoms with Crippen molar-refractivity contribution in [1.82, 2.24) is 9.80 Å². The first-order chi connectivity index (χ1) is 7.47. The third-order valence-electron chi connectivity index (χ3n) is 2.46. The number of carbonyl (C=O) groups is 2. The molecule has 1 fully saturated rings. The van der Waals surface area contributed by atoms with E-state index >= 15 is 0 Å². The average Bonchev–Trinajstić information content (AvgIpc) is 2.59. The van der Waals surface area contributed by atoms with Crippen LogP contribution in [0.4, 0.5) is 4.79 Å². The second kappa shape index (κ2) is 4.86. The van der Waals surface area contributed by atoms with Gasteiger partial charge in [-0.1, -0.05) is 5.92 Å². The number of terminal acetylenes is 1. The highest BCUT2D eigenvalue weighted by Gasteiger charge is 2.39. The van der Waals surface area contributed by atoms with E-state index in [1.54, 1.807) is 0 Å². The standard InChI is InChI=1S/C10H14N2O4/c1-3-4-11(2)10(16)12-6-7(13)5-8(12)9(14)15/h1,7-8,13H,4-6H2,2H3,(H,14,15).